The first-order valence-electron chi connectivity index (χ1n) is 9.81. The Morgan fingerprint density at radius 2 is 1.93 bits per heavy atom. The Hall–Kier alpha value is -2.15. The molecule has 0 amide bonds. The molecule has 3 rings (SSSR count). The lowest BCUT2D eigenvalue weighted by Gasteiger charge is -2.18. The summed E-state index contributed by atoms with van der Waals surface area (Å²) in [5, 5.41) is 5.38. The fraction of sp³-hybridized carbons (Fsp3) is 0.391. The molecule has 1 heterocycles. The van der Waals surface area contributed by atoms with E-state index >= 15 is 0 Å². The molecule has 142 valence electrons. The van der Waals surface area contributed by atoms with E-state index in [0.717, 1.165) is 55.4 Å². The van der Waals surface area contributed by atoms with Crippen LogP contribution < -0.4 is 5.32 Å². The Balaban J connectivity index is 1.82. The number of nitrogens with zero attached hydrogens (tertiary/aromatic N) is 2. The third kappa shape index (κ3) is 4.77. The Bertz CT molecular complexity index is 920. The second-order valence-corrected chi connectivity index (χ2v) is 7.29. The number of aromatic nitrogens is 1. The number of hydrogen-bond acceptors (Lipinski definition) is 2. The Morgan fingerprint density at radius 1 is 1.11 bits per heavy atom. The monoisotopic (exact) mass is 381 g/mol. The van der Waals surface area contributed by atoms with Gasteiger partial charge in [0, 0.05) is 40.8 Å². The van der Waals surface area contributed by atoms with Crippen LogP contribution in [0.2, 0.25) is 0 Å². The van der Waals surface area contributed by atoms with Crippen molar-refractivity contribution in [3.63, 3.8) is 0 Å². The summed E-state index contributed by atoms with van der Waals surface area (Å²) in [5.74, 6) is 3.29. The molecule has 0 saturated heterocycles. The first-order valence-corrected chi connectivity index (χ1v) is 10.2. The van der Waals surface area contributed by atoms with Crippen LogP contribution in [0.1, 0.15) is 44.9 Å². The molecule has 0 aliphatic heterocycles. The maximum absolute atomic E-state index is 6.01. The highest BCUT2D eigenvalue weighted by atomic mass is 35.5. The molecule has 1 aliphatic rings. The molecule has 1 aromatic heterocycles. The second-order valence-electron chi connectivity index (χ2n) is 6.81. The first kappa shape index (κ1) is 19.6. The van der Waals surface area contributed by atoms with Gasteiger partial charge in [0.2, 0.25) is 0 Å². The Morgan fingerprint density at radius 3 is 2.59 bits per heavy atom. The zero-order chi connectivity index (χ0) is 19.2. The van der Waals surface area contributed by atoms with Gasteiger partial charge in [-0.1, -0.05) is 31.5 Å². The minimum Gasteiger partial charge on any atom is -0.334 e. The number of benzene rings is 1. The number of halogens is 1. The number of fused-ring (bicyclic) bond motifs is 1. The fourth-order valence-electron chi connectivity index (χ4n) is 3.46. The SMILES string of the molecule is CCN(CC)Cc1ccc2c(c1)cc(C#CNC1=CC=C(Cl)CC1)n2CC. The number of hydrogen-bond donors (Lipinski definition) is 1. The van der Waals surface area contributed by atoms with Gasteiger partial charge in [0.1, 0.15) is 0 Å². The maximum Gasteiger partial charge on any atom is 0.0949 e. The van der Waals surface area contributed by atoms with Gasteiger partial charge >= 0.3 is 0 Å². The van der Waals surface area contributed by atoms with E-state index in [0.29, 0.717) is 0 Å². The summed E-state index contributed by atoms with van der Waals surface area (Å²) in [7, 11) is 0. The van der Waals surface area contributed by atoms with Gasteiger partial charge in [0.15, 0.2) is 0 Å². The summed E-state index contributed by atoms with van der Waals surface area (Å²) in [4.78, 5) is 2.43. The van der Waals surface area contributed by atoms with Crippen LogP contribution in [-0.2, 0) is 13.1 Å². The molecule has 1 aliphatic carbocycles. The number of nitrogens with one attached hydrogen (secondary N) is 1. The predicted octanol–water partition coefficient (Wildman–Crippen LogP) is 5.20. The summed E-state index contributed by atoms with van der Waals surface area (Å²) in [5.41, 5.74) is 4.77. The van der Waals surface area contributed by atoms with E-state index in [1.54, 1.807) is 0 Å². The molecule has 4 heteroatoms. The molecular formula is C23H28ClN3. The second kappa shape index (κ2) is 9.17. The Kier molecular flexibility index (Phi) is 6.66. The average molecular weight is 382 g/mol. The van der Waals surface area contributed by atoms with Crippen molar-refractivity contribution in [1.82, 2.24) is 14.8 Å². The van der Waals surface area contributed by atoms with Crippen LogP contribution in [-0.4, -0.2) is 22.6 Å². The molecule has 1 N–H and O–H groups in total. The molecule has 0 radical (unpaired) electrons. The van der Waals surface area contributed by atoms with Crippen LogP contribution in [0.3, 0.4) is 0 Å². The molecule has 3 nitrogen and oxygen atoms in total. The molecule has 0 saturated carbocycles. The van der Waals surface area contributed by atoms with E-state index < -0.39 is 0 Å². The normalized spacial score (nSPS) is 14.0. The molecule has 1 aromatic carbocycles. The van der Waals surface area contributed by atoms with Crippen molar-refractivity contribution in [2.45, 2.75) is 46.7 Å². The van der Waals surface area contributed by atoms with Crippen LogP contribution in [0.15, 0.2) is 47.1 Å². The topological polar surface area (TPSA) is 20.2 Å². The van der Waals surface area contributed by atoms with E-state index in [2.05, 4.69) is 71.8 Å². The number of aryl methyl sites for hydroxylation is 1. The van der Waals surface area contributed by atoms with Crippen molar-refractivity contribution in [2.75, 3.05) is 13.1 Å². The zero-order valence-electron chi connectivity index (χ0n) is 16.5. The molecular weight excluding hydrogens is 354 g/mol. The number of rotatable bonds is 6. The molecule has 0 atom stereocenters. The average Bonchev–Trinajstić information content (AvgIpc) is 3.04. The molecule has 2 aromatic rings. The van der Waals surface area contributed by atoms with Gasteiger partial charge in [-0.2, -0.15) is 0 Å². The summed E-state index contributed by atoms with van der Waals surface area (Å²) in [6, 6.07) is 12.1. The van der Waals surface area contributed by atoms with Crippen LogP contribution in [0.4, 0.5) is 0 Å². The van der Waals surface area contributed by atoms with Crippen molar-refractivity contribution < 1.29 is 0 Å². The van der Waals surface area contributed by atoms with Crippen molar-refractivity contribution in [2.24, 2.45) is 0 Å². The number of allylic oxidation sites excluding steroid dienone is 4. The van der Waals surface area contributed by atoms with Crippen LogP contribution in [0.25, 0.3) is 10.9 Å². The van der Waals surface area contributed by atoms with Gasteiger partial charge in [0.25, 0.3) is 0 Å². The van der Waals surface area contributed by atoms with E-state index in [1.807, 2.05) is 12.2 Å². The van der Waals surface area contributed by atoms with Gasteiger partial charge in [-0.15, -0.1) is 0 Å². The fourth-order valence-corrected chi connectivity index (χ4v) is 3.62. The molecule has 0 unspecified atom stereocenters. The third-order valence-corrected chi connectivity index (χ3v) is 5.41. The molecule has 0 fully saturated rings. The van der Waals surface area contributed by atoms with Gasteiger partial charge in [-0.25, -0.2) is 0 Å². The maximum atomic E-state index is 6.01. The highest BCUT2D eigenvalue weighted by molar-refractivity contribution is 6.29. The third-order valence-electron chi connectivity index (χ3n) is 5.09. The van der Waals surface area contributed by atoms with Crippen LogP contribution in [0, 0.1) is 12.0 Å². The highest BCUT2D eigenvalue weighted by Crippen LogP contribution is 2.22. The summed E-state index contributed by atoms with van der Waals surface area (Å²) in [6.07, 6.45) is 5.74. The van der Waals surface area contributed by atoms with Crippen LogP contribution in [0.5, 0.6) is 0 Å². The lowest BCUT2D eigenvalue weighted by atomic mass is 10.1. The zero-order valence-corrected chi connectivity index (χ0v) is 17.2. The van der Waals surface area contributed by atoms with E-state index in [1.165, 1.54) is 16.5 Å². The minimum absolute atomic E-state index is 0.882. The van der Waals surface area contributed by atoms with Crippen molar-refractivity contribution in [1.29, 1.82) is 0 Å². The van der Waals surface area contributed by atoms with E-state index in [-0.39, 0.29) is 0 Å². The molecule has 0 bridgehead atoms. The molecule has 27 heavy (non-hydrogen) atoms. The highest BCUT2D eigenvalue weighted by Gasteiger charge is 2.08. The summed E-state index contributed by atoms with van der Waals surface area (Å²) < 4.78 is 2.28. The van der Waals surface area contributed by atoms with Gasteiger partial charge in [-0.3, -0.25) is 4.90 Å². The van der Waals surface area contributed by atoms with Crippen molar-refractivity contribution in [3.8, 4) is 12.0 Å². The van der Waals surface area contributed by atoms with Crippen molar-refractivity contribution in [3.05, 3.63) is 58.4 Å². The largest absolute Gasteiger partial charge is 0.334 e. The predicted molar refractivity (Wildman–Crippen MR) is 116 cm³/mol. The minimum atomic E-state index is 0.882. The van der Waals surface area contributed by atoms with Gasteiger partial charge in [0.05, 0.1) is 5.69 Å². The van der Waals surface area contributed by atoms with E-state index in [9.17, 15) is 0 Å². The quantitative estimate of drug-likeness (QED) is 0.548. The smallest absolute Gasteiger partial charge is 0.0949 e. The summed E-state index contributed by atoms with van der Waals surface area (Å²) >= 11 is 6.01. The first-order chi connectivity index (χ1) is 13.1. The van der Waals surface area contributed by atoms with E-state index in [4.69, 9.17) is 11.6 Å². The van der Waals surface area contributed by atoms with Crippen molar-refractivity contribution >= 4 is 22.5 Å². The van der Waals surface area contributed by atoms with Gasteiger partial charge in [-0.05, 0) is 74.7 Å². The summed E-state index contributed by atoms with van der Waals surface area (Å²) in [6.45, 7) is 10.6. The van der Waals surface area contributed by atoms with Gasteiger partial charge < -0.3 is 9.88 Å². The van der Waals surface area contributed by atoms with Crippen LogP contribution >= 0.6 is 11.6 Å². The lowest BCUT2D eigenvalue weighted by molar-refractivity contribution is 0.296. The Labute approximate surface area is 167 Å². The lowest BCUT2D eigenvalue weighted by Crippen LogP contribution is -2.21. The standard InChI is InChI=1S/C23H28ClN3/c1-4-26(5-2)17-18-7-12-23-19(15-18)16-22(27(23)6-3)13-14-25-21-10-8-20(24)9-11-21/h7-8,10,12,15-16,25H,4-6,9,11,17H2,1-3H3. The molecule has 0 spiro atoms.